The van der Waals surface area contributed by atoms with Crippen LogP contribution in [0.4, 0.5) is 13.2 Å². The average Bonchev–Trinajstić information content (AvgIpc) is 2.94. The molecule has 3 aromatic rings. The number of aryl methyl sites for hydroxylation is 1. The summed E-state index contributed by atoms with van der Waals surface area (Å²) < 4.78 is 66.7. The van der Waals surface area contributed by atoms with E-state index in [2.05, 4.69) is 4.98 Å². The highest BCUT2D eigenvalue weighted by atomic mass is 19.4. The number of benzene rings is 2. The number of nitrogens with zero attached hydrogens (tertiary/aromatic N) is 1. The lowest BCUT2D eigenvalue weighted by atomic mass is 9.84. The fourth-order valence-corrected chi connectivity index (χ4v) is 4.87. The highest BCUT2D eigenvalue weighted by Gasteiger charge is 2.42. The van der Waals surface area contributed by atoms with E-state index in [0.717, 1.165) is 44.4 Å². The van der Waals surface area contributed by atoms with Crippen LogP contribution in [0.3, 0.4) is 0 Å². The van der Waals surface area contributed by atoms with Crippen LogP contribution >= 0.6 is 0 Å². The van der Waals surface area contributed by atoms with Crippen LogP contribution in [0.15, 0.2) is 48.7 Å². The monoisotopic (exact) mass is 571 g/mol. The van der Waals surface area contributed by atoms with Gasteiger partial charge in [0.05, 0.1) is 31.5 Å². The summed E-state index contributed by atoms with van der Waals surface area (Å²) in [6.07, 6.45) is -1.58. The average molecular weight is 572 g/mol. The molecule has 2 heterocycles. The number of carbonyl (C=O) groups excluding carboxylic acids is 1. The molecule has 0 fully saturated rings. The Labute approximate surface area is 238 Å². The summed E-state index contributed by atoms with van der Waals surface area (Å²) >= 11 is 0. The highest BCUT2D eigenvalue weighted by molar-refractivity contribution is 5.91. The Morgan fingerprint density at radius 1 is 1.07 bits per heavy atom. The van der Waals surface area contributed by atoms with Crippen molar-refractivity contribution in [2.24, 2.45) is 0 Å². The molecule has 9 heteroatoms. The normalized spacial score (nSPS) is 14.1. The maximum absolute atomic E-state index is 14.7. The smallest absolute Gasteiger partial charge is 0.416 e. The summed E-state index contributed by atoms with van der Waals surface area (Å²) in [5.41, 5.74) is 0.421. The topological polar surface area (TPSA) is 66.9 Å². The first-order valence-electron chi connectivity index (χ1n) is 13.8. The summed E-state index contributed by atoms with van der Waals surface area (Å²) in [6, 6.07) is 11.2. The van der Waals surface area contributed by atoms with E-state index in [-0.39, 0.29) is 11.1 Å². The molecule has 41 heavy (non-hydrogen) atoms. The molecular formula is C32H36F3NO5. The maximum atomic E-state index is 14.7. The van der Waals surface area contributed by atoms with E-state index >= 15 is 0 Å². The third kappa shape index (κ3) is 7.19. The Morgan fingerprint density at radius 2 is 1.85 bits per heavy atom. The lowest BCUT2D eigenvalue weighted by molar-refractivity contribution is -0.166. The van der Waals surface area contributed by atoms with Crippen molar-refractivity contribution >= 4 is 5.97 Å². The molecule has 0 N–H and O–H groups in total. The Balaban J connectivity index is 2.05. The molecule has 0 saturated heterocycles. The lowest BCUT2D eigenvalue weighted by Crippen LogP contribution is -2.30. The van der Waals surface area contributed by atoms with E-state index < -0.39 is 29.4 Å². The van der Waals surface area contributed by atoms with Crippen molar-refractivity contribution in [2.75, 3.05) is 20.3 Å². The molecule has 0 aliphatic carbocycles. The molecule has 4 rings (SSSR count). The number of hydrogen-bond donors (Lipinski definition) is 0. The van der Waals surface area contributed by atoms with Gasteiger partial charge in [0.15, 0.2) is 6.10 Å². The van der Waals surface area contributed by atoms with Crippen LogP contribution in [-0.2, 0) is 26.9 Å². The number of methoxy groups -OCH3 is 1. The number of ether oxygens (including phenoxy) is 4. The number of rotatable bonds is 9. The zero-order valence-corrected chi connectivity index (χ0v) is 24.1. The number of hydrogen-bond acceptors (Lipinski definition) is 6. The van der Waals surface area contributed by atoms with Crippen molar-refractivity contribution in [3.05, 3.63) is 65.4 Å². The molecule has 2 aromatic carbocycles. The van der Waals surface area contributed by atoms with Crippen molar-refractivity contribution in [3.63, 3.8) is 0 Å². The predicted octanol–water partition coefficient (Wildman–Crippen LogP) is 7.97. The van der Waals surface area contributed by atoms with Gasteiger partial charge in [0.1, 0.15) is 5.75 Å². The number of halogens is 3. The molecule has 1 aromatic heterocycles. The maximum Gasteiger partial charge on any atom is 0.416 e. The van der Waals surface area contributed by atoms with Gasteiger partial charge >= 0.3 is 12.1 Å². The molecule has 0 spiro atoms. The number of fused-ring (bicyclic) bond motifs is 1. The van der Waals surface area contributed by atoms with Gasteiger partial charge in [-0.1, -0.05) is 25.5 Å². The van der Waals surface area contributed by atoms with Gasteiger partial charge in [0.25, 0.3) is 0 Å². The molecule has 1 aliphatic rings. The Kier molecular flexibility index (Phi) is 9.27. The van der Waals surface area contributed by atoms with Crippen molar-refractivity contribution < 1.29 is 36.9 Å². The SMILES string of the molecule is CCCCOc1cc(-c2ccc(C(F)(F)F)c(C(OC(C)(C)C)C(=O)OC)c2-c2ccc3c(c2)CCCO3)ccn1. The molecular weight excluding hydrogens is 535 g/mol. The summed E-state index contributed by atoms with van der Waals surface area (Å²) in [5, 5.41) is 0. The minimum atomic E-state index is -4.78. The first-order chi connectivity index (χ1) is 19.4. The molecule has 0 bridgehead atoms. The highest BCUT2D eigenvalue weighted by Crippen LogP contribution is 2.47. The van der Waals surface area contributed by atoms with Crippen molar-refractivity contribution in [3.8, 4) is 33.9 Å². The summed E-state index contributed by atoms with van der Waals surface area (Å²) in [4.78, 5) is 17.5. The van der Waals surface area contributed by atoms with E-state index in [0.29, 0.717) is 41.5 Å². The summed E-state index contributed by atoms with van der Waals surface area (Å²) in [6.45, 7) is 8.13. The standard InChI is InChI=1S/C32H36F3NO5/c1-6-7-16-40-26-19-20(14-15-36-26)23-11-12-24(32(33,34)35)28(29(30(37)38-5)41-31(2,3)4)27(23)22-10-13-25-21(18-22)9-8-17-39-25/h10-15,18-19,29H,6-9,16-17H2,1-5H3. The van der Waals surface area contributed by atoms with Crippen molar-refractivity contribution in [1.29, 1.82) is 0 Å². The summed E-state index contributed by atoms with van der Waals surface area (Å²) in [7, 11) is 1.14. The number of unbranched alkanes of at least 4 members (excludes halogenated alkanes) is 1. The molecule has 0 saturated carbocycles. The van der Waals surface area contributed by atoms with Crippen LogP contribution in [-0.4, -0.2) is 36.9 Å². The van der Waals surface area contributed by atoms with Gasteiger partial charge in [-0.05, 0) is 92.1 Å². The molecule has 1 atom stereocenters. The van der Waals surface area contributed by atoms with Gasteiger partial charge in [-0.25, -0.2) is 9.78 Å². The van der Waals surface area contributed by atoms with Gasteiger partial charge < -0.3 is 18.9 Å². The van der Waals surface area contributed by atoms with Crippen LogP contribution in [0.5, 0.6) is 11.6 Å². The molecule has 1 aliphatic heterocycles. The third-order valence-electron chi connectivity index (χ3n) is 6.69. The number of carbonyl (C=O) groups is 1. The number of aromatic nitrogens is 1. The molecule has 220 valence electrons. The molecule has 6 nitrogen and oxygen atoms in total. The second kappa shape index (κ2) is 12.5. The van der Waals surface area contributed by atoms with E-state index in [1.165, 1.54) is 6.07 Å². The largest absolute Gasteiger partial charge is 0.493 e. The first-order valence-corrected chi connectivity index (χ1v) is 13.8. The third-order valence-corrected chi connectivity index (χ3v) is 6.69. The van der Waals surface area contributed by atoms with Crippen LogP contribution in [0.1, 0.15) is 69.8 Å². The number of esters is 1. The van der Waals surface area contributed by atoms with Crippen molar-refractivity contribution in [1.82, 2.24) is 4.98 Å². The molecule has 1 unspecified atom stereocenters. The Bertz CT molecular complexity index is 1380. The quantitative estimate of drug-likeness (QED) is 0.192. The predicted molar refractivity (Wildman–Crippen MR) is 150 cm³/mol. The second-order valence-electron chi connectivity index (χ2n) is 10.9. The molecule has 0 amide bonds. The van der Waals surface area contributed by atoms with Gasteiger partial charge in [-0.15, -0.1) is 0 Å². The van der Waals surface area contributed by atoms with Crippen LogP contribution < -0.4 is 9.47 Å². The summed E-state index contributed by atoms with van der Waals surface area (Å²) in [5.74, 6) is 0.127. The molecule has 0 radical (unpaired) electrons. The fourth-order valence-electron chi connectivity index (χ4n) is 4.87. The van der Waals surface area contributed by atoms with Crippen molar-refractivity contribution in [2.45, 2.75) is 71.3 Å². The number of alkyl halides is 3. The van der Waals surface area contributed by atoms with Crippen LogP contribution in [0.25, 0.3) is 22.3 Å². The van der Waals surface area contributed by atoms with Gasteiger partial charge in [-0.2, -0.15) is 13.2 Å². The van der Waals surface area contributed by atoms with E-state index in [1.807, 2.05) is 13.0 Å². The van der Waals surface area contributed by atoms with E-state index in [1.54, 1.807) is 51.2 Å². The number of pyridine rings is 1. The van der Waals surface area contributed by atoms with Gasteiger partial charge in [-0.3, -0.25) is 0 Å². The first kappa shape index (κ1) is 30.4. The Hall–Kier alpha value is -3.59. The Morgan fingerprint density at radius 3 is 2.54 bits per heavy atom. The van der Waals surface area contributed by atoms with Gasteiger partial charge in [0, 0.05) is 17.8 Å². The fraction of sp³-hybridized carbons (Fsp3) is 0.438. The minimum absolute atomic E-state index is 0.221. The zero-order valence-electron chi connectivity index (χ0n) is 24.1. The zero-order chi connectivity index (χ0) is 29.8. The minimum Gasteiger partial charge on any atom is -0.493 e. The van der Waals surface area contributed by atoms with Gasteiger partial charge in [0.2, 0.25) is 5.88 Å². The van der Waals surface area contributed by atoms with Crippen LogP contribution in [0, 0.1) is 0 Å². The van der Waals surface area contributed by atoms with E-state index in [9.17, 15) is 18.0 Å². The lowest BCUT2D eigenvalue weighted by Gasteiger charge is -2.31. The van der Waals surface area contributed by atoms with E-state index in [4.69, 9.17) is 18.9 Å². The second-order valence-corrected chi connectivity index (χ2v) is 10.9. The van der Waals surface area contributed by atoms with Crippen LogP contribution in [0.2, 0.25) is 0 Å².